The van der Waals surface area contributed by atoms with Crippen LogP contribution in [0, 0.1) is 5.82 Å². The molecular formula is C11H8FNO. The second-order valence-electron chi connectivity index (χ2n) is 3.54. The van der Waals surface area contributed by atoms with Crippen LogP contribution in [-0.4, -0.2) is 4.57 Å². The third-order valence-electron chi connectivity index (χ3n) is 2.78. The Morgan fingerprint density at radius 3 is 2.86 bits per heavy atom. The van der Waals surface area contributed by atoms with Gasteiger partial charge in [0.05, 0.1) is 5.52 Å². The summed E-state index contributed by atoms with van der Waals surface area (Å²) in [7, 11) is 0. The standard InChI is InChI=1S/C11H8FNO/c12-9-3-1-7-2-4-10(14)13-6-5-8(9)11(7)13/h1-4H,5-6H2. The topological polar surface area (TPSA) is 22.0 Å². The predicted octanol–water partition coefficient (Wildman–Crippen LogP) is 1.70. The Balaban J connectivity index is 2.62. The van der Waals surface area contributed by atoms with Crippen molar-refractivity contribution in [2.24, 2.45) is 0 Å². The lowest BCUT2D eigenvalue weighted by molar-refractivity contribution is 0.612. The van der Waals surface area contributed by atoms with Gasteiger partial charge in [-0.25, -0.2) is 4.39 Å². The van der Waals surface area contributed by atoms with Gasteiger partial charge in [-0.15, -0.1) is 0 Å². The van der Waals surface area contributed by atoms with Crippen LogP contribution in [0.25, 0.3) is 10.9 Å². The van der Waals surface area contributed by atoms with E-state index in [4.69, 9.17) is 0 Å². The fourth-order valence-corrected chi connectivity index (χ4v) is 2.13. The first-order valence-corrected chi connectivity index (χ1v) is 4.58. The second-order valence-corrected chi connectivity index (χ2v) is 3.54. The van der Waals surface area contributed by atoms with E-state index in [1.54, 1.807) is 16.7 Å². The smallest absolute Gasteiger partial charge is 0.251 e. The van der Waals surface area contributed by atoms with Crippen molar-refractivity contribution in [1.82, 2.24) is 4.57 Å². The minimum atomic E-state index is -0.200. The number of rotatable bonds is 0. The van der Waals surface area contributed by atoms with Gasteiger partial charge in [0.1, 0.15) is 5.82 Å². The van der Waals surface area contributed by atoms with Crippen LogP contribution >= 0.6 is 0 Å². The lowest BCUT2D eigenvalue weighted by Gasteiger charge is -2.02. The molecule has 0 N–H and O–H groups in total. The third-order valence-corrected chi connectivity index (χ3v) is 2.78. The van der Waals surface area contributed by atoms with Crippen LogP contribution in [0.15, 0.2) is 29.1 Å². The third kappa shape index (κ3) is 0.816. The van der Waals surface area contributed by atoms with Crippen molar-refractivity contribution in [2.75, 3.05) is 0 Å². The molecule has 2 nitrogen and oxygen atoms in total. The maximum Gasteiger partial charge on any atom is 0.251 e. The Labute approximate surface area is 79.6 Å². The molecule has 3 heteroatoms. The van der Waals surface area contributed by atoms with Crippen LogP contribution in [0.4, 0.5) is 4.39 Å². The molecule has 0 saturated heterocycles. The lowest BCUT2D eigenvalue weighted by atomic mass is 10.1. The normalized spacial score (nSPS) is 13.8. The molecule has 1 aliphatic heterocycles. The first kappa shape index (κ1) is 7.74. The number of benzene rings is 1. The molecule has 70 valence electrons. The summed E-state index contributed by atoms with van der Waals surface area (Å²) in [5, 5.41) is 0.943. The summed E-state index contributed by atoms with van der Waals surface area (Å²) in [6.45, 7) is 0.604. The van der Waals surface area contributed by atoms with Crippen molar-refractivity contribution in [2.45, 2.75) is 13.0 Å². The zero-order valence-corrected chi connectivity index (χ0v) is 7.46. The van der Waals surface area contributed by atoms with Gasteiger partial charge >= 0.3 is 0 Å². The van der Waals surface area contributed by atoms with Gasteiger partial charge in [-0.2, -0.15) is 0 Å². The number of hydrogen-bond donors (Lipinski definition) is 0. The fraction of sp³-hybridized carbons (Fsp3) is 0.182. The summed E-state index contributed by atoms with van der Waals surface area (Å²) >= 11 is 0. The fourth-order valence-electron chi connectivity index (χ4n) is 2.13. The maximum atomic E-state index is 13.4. The lowest BCUT2D eigenvalue weighted by Crippen LogP contribution is -2.16. The molecule has 1 aromatic heterocycles. The van der Waals surface area contributed by atoms with E-state index in [0.29, 0.717) is 18.5 Å². The summed E-state index contributed by atoms with van der Waals surface area (Å²) in [6, 6.07) is 6.48. The minimum absolute atomic E-state index is 0.0400. The Morgan fingerprint density at radius 1 is 1.21 bits per heavy atom. The van der Waals surface area contributed by atoms with Gasteiger partial charge < -0.3 is 4.57 Å². The van der Waals surface area contributed by atoms with Crippen molar-refractivity contribution < 1.29 is 4.39 Å². The highest BCUT2D eigenvalue weighted by Gasteiger charge is 2.17. The van der Waals surface area contributed by atoms with Crippen LogP contribution in [-0.2, 0) is 13.0 Å². The number of aromatic nitrogens is 1. The molecule has 2 heterocycles. The summed E-state index contributed by atoms with van der Waals surface area (Å²) in [5.74, 6) is -0.200. The Kier molecular flexibility index (Phi) is 1.35. The Bertz CT molecular complexity index is 586. The molecule has 0 amide bonds. The van der Waals surface area contributed by atoms with Crippen LogP contribution in [0.3, 0.4) is 0 Å². The van der Waals surface area contributed by atoms with E-state index < -0.39 is 0 Å². The summed E-state index contributed by atoms with van der Waals surface area (Å²) < 4.78 is 15.0. The molecule has 1 aromatic carbocycles. The predicted molar refractivity (Wildman–Crippen MR) is 51.9 cm³/mol. The average molecular weight is 189 g/mol. The molecule has 0 bridgehead atoms. The zero-order valence-electron chi connectivity index (χ0n) is 7.46. The molecular weight excluding hydrogens is 181 g/mol. The van der Waals surface area contributed by atoms with E-state index in [9.17, 15) is 9.18 Å². The van der Waals surface area contributed by atoms with Gasteiger partial charge in [0.2, 0.25) is 0 Å². The molecule has 0 radical (unpaired) electrons. The van der Waals surface area contributed by atoms with Gasteiger partial charge in [0.25, 0.3) is 5.56 Å². The van der Waals surface area contributed by atoms with E-state index in [0.717, 1.165) is 10.9 Å². The number of halogens is 1. The molecule has 0 saturated carbocycles. The van der Waals surface area contributed by atoms with E-state index in [1.165, 1.54) is 12.1 Å². The second kappa shape index (κ2) is 2.44. The van der Waals surface area contributed by atoms with Crippen molar-refractivity contribution in [3.8, 4) is 0 Å². The summed E-state index contributed by atoms with van der Waals surface area (Å²) in [5.41, 5.74) is 1.42. The molecule has 1 aliphatic rings. The largest absolute Gasteiger partial charge is 0.308 e. The molecule has 0 unspecified atom stereocenters. The van der Waals surface area contributed by atoms with Crippen molar-refractivity contribution in [3.63, 3.8) is 0 Å². The van der Waals surface area contributed by atoms with E-state index >= 15 is 0 Å². The number of pyridine rings is 1. The molecule has 3 rings (SSSR count). The first-order valence-electron chi connectivity index (χ1n) is 4.58. The van der Waals surface area contributed by atoms with E-state index in [1.807, 2.05) is 0 Å². The highest BCUT2D eigenvalue weighted by atomic mass is 19.1. The maximum absolute atomic E-state index is 13.4. The van der Waals surface area contributed by atoms with E-state index in [2.05, 4.69) is 0 Å². The van der Waals surface area contributed by atoms with Gasteiger partial charge in [0.15, 0.2) is 0 Å². The zero-order chi connectivity index (χ0) is 9.71. The molecule has 0 atom stereocenters. The summed E-state index contributed by atoms with van der Waals surface area (Å²) in [6.07, 6.45) is 0.627. The van der Waals surface area contributed by atoms with Gasteiger partial charge in [0, 0.05) is 18.2 Å². The first-order chi connectivity index (χ1) is 6.77. The van der Waals surface area contributed by atoms with Gasteiger partial charge in [-0.05, 0) is 30.0 Å². The Hall–Kier alpha value is -1.64. The summed E-state index contributed by atoms with van der Waals surface area (Å²) in [4.78, 5) is 11.4. The highest BCUT2D eigenvalue weighted by molar-refractivity contribution is 5.83. The van der Waals surface area contributed by atoms with Crippen molar-refractivity contribution >= 4 is 10.9 Å². The monoisotopic (exact) mass is 189 g/mol. The van der Waals surface area contributed by atoms with Gasteiger partial charge in [-0.1, -0.05) is 0 Å². The SMILES string of the molecule is O=c1ccc2ccc(F)c3c2n1CC3. The highest BCUT2D eigenvalue weighted by Crippen LogP contribution is 2.25. The Morgan fingerprint density at radius 2 is 2.00 bits per heavy atom. The number of hydrogen-bond acceptors (Lipinski definition) is 1. The number of nitrogens with zero attached hydrogens (tertiary/aromatic N) is 1. The average Bonchev–Trinajstić information content (AvgIpc) is 2.62. The van der Waals surface area contributed by atoms with Gasteiger partial charge in [-0.3, -0.25) is 4.79 Å². The quantitative estimate of drug-likeness (QED) is 0.618. The molecule has 14 heavy (non-hydrogen) atoms. The minimum Gasteiger partial charge on any atom is -0.308 e. The molecule has 0 aliphatic carbocycles. The van der Waals surface area contributed by atoms with E-state index in [-0.39, 0.29) is 11.4 Å². The van der Waals surface area contributed by atoms with Crippen LogP contribution in [0.5, 0.6) is 0 Å². The number of aryl methyl sites for hydroxylation is 2. The molecule has 0 spiro atoms. The van der Waals surface area contributed by atoms with Crippen LogP contribution < -0.4 is 5.56 Å². The molecule has 0 fully saturated rings. The van der Waals surface area contributed by atoms with Crippen molar-refractivity contribution in [3.05, 3.63) is 46.0 Å². The van der Waals surface area contributed by atoms with Crippen LogP contribution in [0.1, 0.15) is 5.56 Å². The molecule has 2 aromatic rings. The van der Waals surface area contributed by atoms with Crippen LogP contribution in [0.2, 0.25) is 0 Å². The van der Waals surface area contributed by atoms with Crippen molar-refractivity contribution in [1.29, 1.82) is 0 Å².